The zero-order chi connectivity index (χ0) is 11.7. The predicted molar refractivity (Wildman–Crippen MR) is 66.3 cm³/mol. The van der Waals surface area contributed by atoms with E-state index in [1.807, 2.05) is 6.08 Å². The van der Waals surface area contributed by atoms with Gasteiger partial charge in [0.1, 0.15) is 5.76 Å². The summed E-state index contributed by atoms with van der Waals surface area (Å²) in [4.78, 5) is 2.07. The summed E-state index contributed by atoms with van der Waals surface area (Å²) in [5.41, 5.74) is 3.53. The van der Waals surface area contributed by atoms with E-state index in [1.54, 1.807) is 7.11 Å². The number of methoxy groups -OCH3 is 1. The molecule has 0 N–H and O–H groups in total. The molecule has 86 valence electrons. The minimum atomic E-state index is 0.790. The zero-order valence-electron chi connectivity index (χ0n) is 10.3. The van der Waals surface area contributed by atoms with E-state index >= 15 is 0 Å². The first-order valence-electron chi connectivity index (χ1n) is 5.72. The average molecular weight is 217 g/mol. The van der Waals surface area contributed by atoms with Crippen molar-refractivity contribution in [3.8, 4) is 0 Å². The van der Waals surface area contributed by atoms with E-state index in [9.17, 15) is 0 Å². The lowest BCUT2D eigenvalue weighted by molar-refractivity contribution is 0.284. The van der Waals surface area contributed by atoms with Crippen LogP contribution < -0.4 is 0 Å². The second-order valence-electron chi connectivity index (χ2n) is 4.59. The van der Waals surface area contributed by atoms with Crippen molar-refractivity contribution in [1.82, 2.24) is 4.90 Å². The molecule has 2 heteroatoms. The Kier molecular flexibility index (Phi) is 2.90. The van der Waals surface area contributed by atoms with Gasteiger partial charge in [0.25, 0.3) is 0 Å². The van der Waals surface area contributed by atoms with Crippen LogP contribution in [-0.2, 0) is 4.74 Å². The molecule has 1 saturated carbocycles. The minimum absolute atomic E-state index is 0.790. The van der Waals surface area contributed by atoms with E-state index in [0.29, 0.717) is 0 Å². The Morgan fingerprint density at radius 2 is 2.25 bits per heavy atom. The van der Waals surface area contributed by atoms with Crippen molar-refractivity contribution in [2.75, 3.05) is 7.11 Å². The number of rotatable bonds is 3. The van der Waals surface area contributed by atoms with Gasteiger partial charge in [-0.2, -0.15) is 0 Å². The molecule has 1 heterocycles. The fourth-order valence-electron chi connectivity index (χ4n) is 1.91. The first-order chi connectivity index (χ1) is 7.61. The summed E-state index contributed by atoms with van der Waals surface area (Å²) in [7, 11) is 1.69. The van der Waals surface area contributed by atoms with Gasteiger partial charge in [-0.15, -0.1) is 0 Å². The quantitative estimate of drug-likeness (QED) is 0.716. The second-order valence-corrected chi connectivity index (χ2v) is 4.59. The molecule has 16 heavy (non-hydrogen) atoms. The maximum atomic E-state index is 5.31. The number of ether oxygens (including phenoxy) is 1. The van der Waals surface area contributed by atoms with E-state index in [2.05, 4.69) is 37.7 Å². The summed E-state index contributed by atoms with van der Waals surface area (Å²) in [5, 5.41) is 0. The topological polar surface area (TPSA) is 12.5 Å². The molecule has 2 nitrogen and oxygen atoms in total. The first kappa shape index (κ1) is 11.1. The van der Waals surface area contributed by atoms with Crippen LogP contribution in [0.4, 0.5) is 0 Å². The molecule has 1 fully saturated rings. The largest absolute Gasteiger partial charge is 0.495 e. The third-order valence-electron chi connectivity index (χ3n) is 3.08. The molecule has 0 amide bonds. The molecule has 0 aromatic carbocycles. The fraction of sp³-hybridized carbons (Fsp3) is 0.429. The van der Waals surface area contributed by atoms with Crippen molar-refractivity contribution in [1.29, 1.82) is 0 Å². The molecule has 0 atom stereocenters. The molecule has 0 aromatic heterocycles. The Labute approximate surface area is 97.6 Å². The molecule has 0 spiro atoms. The summed E-state index contributed by atoms with van der Waals surface area (Å²) < 4.78 is 5.31. The number of hydrogen-bond donors (Lipinski definition) is 0. The minimum Gasteiger partial charge on any atom is -0.495 e. The van der Waals surface area contributed by atoms with Crippen LogP contribution in [0.15, 0.2) is 47.7 Å². The maximum Gasteiger partial charge on any atom is 0.142 e. The van der Waals surface area contributed by atoms with Gasteiger partial charge in [0.15, 0.2) is 0 Å². The summed E-state index contributed by atoms with van der Waals surface area (Å²) in [6.07, 6.45) is 8.95. The highest BCUT2D eigenvalue weighted by Crippen LogP contribution is 2.37. The molecular weight excluding hydrogens is 198 g/mol. The van der Waals surface area contributed by atoms with Gasteiger partial charge in [0.2, 0.25) is 0 Å². The lowest BCUT2D eigenvalue weighted by Crippen LogP contribution is -2.16. The average Bonchev–Trinajstić information content (AvgIpc) is 3.06. The summed E-state index contributed by atoms with van der Waals surface area (Å²) in [6.45, 7) is 8.32. The van der Waals surface area contributed by atoms with Crippen LogP contribution in [0.1, 0.15) is 26.7 Å². The summed E-state index contributed by atoms with van der Waals surface area (Å²) in [5.74, 6) is 1.64. The Morgan fingerprint density at radius 1 is 1.56 bits per heavy atom. The third kappa shape index (κ3) is 2.21. The maximum absolute atomic E-state index is 5.31. The van der Waals surface area contributed by atoms with Gasteiger partial charge in [0, 0.05) is 12.4 Å². The highest BCUT2D eigenvalue weighted by molar-refractivity contribution is 5.38. The standard InChI is InChI=1S/C14H19NO/c1-10-7-14(16-4)12(3)15(8-10)9-11(2)13-5-6-13/h7-9,13H,3,5-6H2,1-2,4H3/b11-9+. The van der Waals surface area contributed by atoms with Gasteiger partial charge < -0.3 is 9.64 Å². The fourth-order valence-corrected chi connectivity index (χ4v) is 1.91. The van der Waals surface area contributed by atoms with Crippen molar-refractivity contribution in [3.05, 3.63) is 47.7 Å². The van der Waals surface area contributed by atoms with Crippen LogP contribution in [0.5, 0.6) is 0 Å². The highest BCUT2D eigenvalue weighted by atomic mass is 16.5. The van der Waals surface area contributed by atoms with Crippen molar-refractivity contribution in [2.45, 2.75) is 26.7 Å². The van der Waals surface area contributed by atoms with Crippen LogP contribution in [0, 0.1) is 5.92 Å². The number of hydrogen-bond acceptors (Lipinski definition) is 2. The van der Waals surface area contributed by atoms with Crippen LogP contribution >= 0.6 is 0 Å². The normalized spacial score (nSPS) is 21.8. The van der Waals surface area contributed by atoms with E-state index < -0.39 is 0 Å². The highest BCUT2D eigenvalue weighted by Gasteiger charge is 2.24. The van der Waals surface area contributed by atoms with Crippen LogP contribution in [0.2, 0.25) is 0 Å². The Hall–Kier alpha value is -1.44. The SMILES string of the molecule is C=C1C(OC)=CC(C)=CN1/C=C(\C)C1CC1. The van der Waals surface area contributed by atoms with Crippen molar-refractivity contribution in [3.63, 3.8) is 0 Å². The molecule has 0 unspecified atom stereocenters. The molecule has 1 aliphatic heterocycles. The Balaban J connectivity index is 2.19. The number of nitrogens with zero attached hydrogens (tertiary/aromatic N) is 1. The van der Waals surface area contributed by atoms with Crippen molar-refractivity contribution >= 4 is 0 Å². The molecule has 1 aliphatic carbocycles. The molecule has 0 saturated heterocycles. The van der Waals surface area contributed by atoms with E-state index in [-0.39, 0.29) is 0 Å². The number of allylic oxidation sites excluding steroid dienone is 3. The molecular formula is C14H19NO. The summed E-state index contributed by atoms with van der Waals surface area (Å²) in [6, 6.07) is 0. The first-order valence-corrected chi connectivity index (χ1v) is 5.72. The van der Waals surface area contributed by atoms with E-state index in [4.69, 9.17) is 4.74 Å². The van der Waals surface area contributed by atoms with Gasteiger partial charge in [-0.05, 0) is 44.3 Å². The predicted octanol–water partition coefficient (Wildman–Crippen LogP) is 3.56. The summed E-state index contributed by atoms with van der Waals surface area (Å²) >= 11 is 0. The molecule has 2 aliphatic rings. The van der Waals surface area contributed by atoms with Crippen molar-refractivity contribution in [2.24, 2.45) is 5.92 Å². The second kappa shape index (κ2) is 4.20. The smallest absolute Gasteiger partial charge is 0.142 e. The van der Waals surface area contributed by atoms with E-state index in [1.165, 1.54) is 24.0 Å². The monoisotopic (exact) mass is 217 g/mol. The third-order valence-corrected chi connectivity index (χ3v) is 3.08. The lowest BCUT2D eigenvalue weighted by atomic mass is 10.1. The van der Waals surface area contributed by atoms with Crippen LogP contribution in [-0.4, -0.2) is 12.0 Å². The van der Waals surface area contributed by atoms with Crippen LogP contribution in [0.3, 0.4) is 0 Å². The van der Waals surface area contributed by atoms with Crippen LogP contribution in [0.25, 0.3) is 0 Å². The van der Waals surface area contributed by atoms with E-state index in [0.717, 1.165) is 17.4 Å². The zero-order valence-corrected chi connectivity index (χ0v) is 10.3. The van der Waals surface area contributed by atoms with Gasteiger partial charge in [-0.25, -0.2) is 0 Å². The van der Waals surface area contributed by atoms with Gasteiger partial charge >= 0.3 is 0 Å². The Morgan fingerprint density at radius 3 is 2.81 bits per heavy atom. The Bertz CT molecular complexity index is 397. The lowest BCUT2D eigenvalue weighted by Gasteiger charge is -2.25. The van der Waals surface area contributed by atoms with Crippen molar-refractivity contribution < 1.29 is 4.74 Å². The van der Waals surface area contributed by atoms with Gasteiger partial charge in [0.05, 0.1) is 12.8 Å². The molecule has 0 radical (unpaired) electrons. The molecule has 0 aromatic rings. The molecule has 2 rings (SSSR count). The molecule has 0 bridgehead atoms. The van der Waals surface area contributed by atoms with Gasteiger partial charge in [-0.1, -0.05) is 12.2 Å². The van der Waals surface area contributed by atoms with Gasteiger partial charge in [-0.3, -0.25) is 0 Å².